The van der Waals surface area contributed by atoms with E-state index in [1.54, 1.807) is 0 Å². The lowest BCUT2D eigenvalue weighted by molar-refractivity contribution is 0.253. The minimum atomic E-state index is 0.320. The maximum atomic E-state index is 3.38. The van der Waals surface area contributed by atoms with Gasteiger partial charge in [-0.1, -0.05) is 42.5 Å². The van der Waals surface area contributed by atoms with Gasteiger partial charge in [-0.3, -0.25) is 5.01 Å². The van der Waals surface area contributed by atoms with Crippen molar-refractivity contribution in [1.82, 2.24) is 10.4 Å². The minimum absolute atomic E-state index is 0.320. The fourth-order valence-electron chi connectivity index (χ4n) is 2.08. The summed E-state index contributed by atoms with van der Waals surface area (Å²) in [5, 5.41) is 4.62. The Morgan fingerprint density at radius 1 is 1.00 bits per heavy atom. The molecule has 0 aliphatic rings. The second-order valence-corrected chi connectivity index (χ2v) is 4.31. The topological polar surface area (TPSA) is 15.3 Å². The molecule has 0 amide bonds. The minimum Gasteiger partial charge on any atom is -0.250 e. The molecular formula is C14H18N2. The number of hydrogen-bond acceptors (Lipinski definition) is 2. The molecule has 16 heavy (non-hydrogen) atoms. The fourth-order valence-corrected chi connectivity index (χ4v) is 2.08. The van der Waals surface area contributed by atoms with Crippen molar-refractivity contribution in [3.8, 4) is 0 Å². The highest BCUT2D eigenvalue weighted by Crippen LogP contribution is 2.23. The third-order valence-electron chi connectivity index (χ3n) is 2.74. The number of fused-ring (bicyclic) bond motifs is 1. The van der Waals surface area contributed by atoms with Gasteiger partial charge >= 0.3 is 0 Å². The zero-order valence-corrected chi connectivity index (χ0v) is 10.1. The first-order chi connectivity index (χ1) is 7.68. The molecule has 2 rings (SSSR count). The maximum Gasteiger partial charge on any atom is 0.0442 e. The van der Waals surface area contributed by atoms with E-state index in [1.165, 1.54) is 16.3 Å². The van der Waals surface area contributed by atoms with E-state index in [9.17, 15) is 0 Å². The number of rotatable bonds is 3. The van der Waals surface area contributed by atoms with Gasteiger partial charge in [0.15, 0.2) is 0 Å². The summed E-state index contributed by atoms with van der Waals surface area (Å²) in [7, 11) is 4.03. The Balaban J connectivity index is 2.44. The molecule has 2 aromatic carbocycles. The summed E-state index contributed by atoms with van der Waals surface area (Å²) in [6, 6.07) is 15.3. The Labute approximate surface area is 96.9 Å². The molecule has 0 bridgehead atoms. The Hall–Kier alpha value is -1.38. The lowest BCUT2D eigenvalue weighted by Crippen LogP contribution is -2.32. The predicted molar refractivity (Wildman–Crippen MR) is 69.2 cm³/mol. The van der Waals surface area contributed by atoms with E-state index in [1.807, 2.05) is 19.1 Å². The van der Waals surface area contributed by atoms with Gasteiger partial charge in [0.1, 0.15) is 0 Å². The first-order valence-corrected chi connectivity index (χ1v) is 5.59. The van der Waals surface area contributed by atoms with Crippen molar-refractivity contribution in [3.63, 3.8) is 0 Å². The first kappa shape index (κ1) is 11.1. The van der Waals surface area contributed by atoms with Crippen molar-refractivity contribution in [1.29, 1.82) is 0 Å². The molecule has 0 spiro atoms. The van der Waals surface area contributed by atoms with Crippen LogP contribution < -0.4 is 5.43 Å². The number of benzene rings is 2. The zero-order chi connectivity index (χ0) is 11.5. The number of nitrogens with zero attached hydrogens (tertiary/aromatic N) is 1. The molecule has 0 saturated heterocycles. The van der Waals surface area contributed by atoms with E-state index in [0.717, 1.165) is 0 Å². The molecule has 1 atom stereocenters. The summed E-state index contributed by atoms with van der Waals surface area (Å²) in [5.41, 5.74) is 4.72. The van der Waals surface area contributed by atoms with E-state index < -0.39 is 0 Å². The molecule has 2 heteroatoms. The second kappa shape index (κ2) is 4.64. The van der Waals surface area contributed by atoms with Crippen LogP contribution in [0, 0.1) is 0 Å². The summed E-state index contributed by atoms with van der Waals surface area (Å²) in [5.74, 6) is 0. The van der Waals surface area contributed by atoms with Crippen LogP contribution in [0.1, 0.15) is 18.5 Å². The van der Waals surface area contributed by atoms with Crippen LogP contribution >= 0.6 is 0 Å². The van der Waals surface area contributed by atoms with Crippen molar-refractivity contribution >= 4 is 10.8 Å². The molecule has 0 radical (unpaired) electrons. The van der Waals surface area contributed by atoms with Crippen LogP contribution in [-0.2, 0) is 0 Å². The van der Waals surface area contributed by atoms with E-state index in [-0.39, 0.29) is 0 Å². The molecule has 0 fully saturated rings. The average Bonchev–Trinajstić information content (AvgIpc) is 2.27. The molecule has 0 aliphatic heterocycles. The van der Waals surface area contributed by atoms with Crippen LogP contribution in [0.3, 0.4) is 0 Å². The molecule has 1 unspecified atom stereocenters. The van der Waals surface area contributed by atoms with E-state index in [4.69, 9.17) is 0 Å². The Bertz CT molecular complexity index is 472. The molecule has 0 aliphatic carbocycles. The first-order valence-electron chi connectivity index (χ1n) is 5.59. The van der Waals surface area contributed by atoms with Crippen LogP contribution in [0.25, 0.3) is 10.8 Å². The third-order valence-corrected chi connectivity index (χ3v) is 2.74. The molecule has 0 heterocycles. The summed E-state index contributed by atoms with van der Waals surface area (Å²) in [6.45, 7) is 2.18. The van der Waals surface area contributed by atoms with E-state index in [2.05, 4.69) is 54.8 Å². The quantitative estimate of drug-likeness (QED) is 0.790. The summed E-state index contributed by atoms with van der Waals surface area (Å²) in [4.78, 5) is 0. The second-order valence-electron chi connectivity index (χ2n) is 4.31. The Kier molecular flexibility index (Phi) is 3.22. The average molecular weight is 214 g/mol. The SMILES string of the molecule is CC(NN(C)C)c1cccc2ccccc12. The van der Waals surface area contributed by atoms with Crippen LogP contribution in [-0.4, -0.2) is 19.1 Å². The summed E-state index contributed by atoms with van der Waals surface area (Å²) < 4.78 is 0. The summed E-state index contributed by atoms with van der Waals surface area (Å²) >= 11 is 0. The van der Waals surface area contributed by atoms with Crippen LogP contribution in [0.5, 0.6) is 0 Å². The van der Waals surface area contributed by atoms with Crippen molar-refractivity contribution in [2.45, 2.75) is 13.0 Å². The molecule has 84 valence electrons. The highest BCUT2D eigenvalue weighted by molar-refractivity contribution is 5.86. The Morgan fingerprint density at radius 3 is 2.44 bits per heavy atom. The largest absolute Gasteiger partial charge is 0.250 e. The lowest BCUT2D eigenvalue weighted by atomic mass is 10.0. The van der Waals surface area contributed by atoms with Gasteiger partial charge in [-0.15, -0.1) is 0 Å². The smallest absolute Gasteiger partial charge is 0.0442 e. The standard InChI is InChI=1S/C14H18N2/c1-11(15-16(2)3)13-10-6-8-12-7-4-5-9-14(12)13/h4-11,15H,1-3H3. The third kappa shape index (κ3) is 2.23. The van der Waals surface area contributed by atoms with E-state index >= 15 is 0 Å². The van der Waals surface area contributed by atoms with E-state index in [0.29, 0.717) is 6.04 Å². The van der Waals surface area contributed by atoms with Gasteiger partial charge in [0.25, 0.3) is 0 Å². The normalized spacial score (nSPS) is 13.2. The van der Waals surface area contributed by atoms with Gasteiger partial charge in [-0.25, -0.2) is 5.43 Å². The van der Waals surface area contributed by atoms with Gasteiger partial charge < -0.3 is 0 Å². The number of hydrazine groups is 1. The molecule has 0 saturated carbocycles. The highest BCUT2D eigenvalue weighted by atomic mass is 15.5. The molecule has 2 nitrogen and oxygen atoms in total. The lowest BCUT2D eigenvalue weighted by Gasteiger charge is -2.21. The van der Waals surface area contributed by atoms with Crippen molar-refractivity contribution in [2.24, 2.45) is 0 Å². The summed E-state index contributed by atoms with van der Waals surface area (Å²) in [6.07, 6.45) is 0. The fraction of sp³-hybridized carbons (Fsp3) is 0.286. The van der Waals surface area contributed by atoms with Gasteiger partial charge in [-0.05, 0) is 23.3 Å². The molecule has 0 aromatic heterocycles. The van der Waals surface area contributed by atoms with Crippen molar-refractivity contribution < 1.29 is 0 Å². The van der Waals surface area contributed by atoms with Crippen LogP contribution in [0.4, 0.5) is 0 Å². The molecule has 2 aromatic rings. The van der Waals surface area contributed by atoms with Gasteiger partial charge in [0.05, 0.1) is 0 Å². The Morgan fingerprint density at radius 2 is 1.69 bits per heavy atom. The number of nitrogens with one attached hydrogen (secondary N) is 1. The monoisotopic (exact) mass is 214 g/mol. The predicted octanol–water partition coefficient (Wildman–Crippen LogP) is 2.97. The van der Waals surface area contributed by atoms with Crippen LogP contribution in [0.2, 0.25) is 0 Å². The van der Waals surface area contributed by atoms with Crippen molar-refractivity contribution in [2.75, 3.05) is 14.1 Å². The van der Waals surface area contributed by atoms with Gasteiger partial charge in [0, 0.05) is 20.1 Å². The van der Waals surface area contributed by atoms with Crippen LogP contribution in [0.15, 0.2) is 42.5 Å². The maximum absolute atomic E-state index is 3.38. The highest BCUT2D eigenvalue weighted by Gasteiger charge is 2.08. The molecular weight excluding hydrogens is 196 g/mol. The number of hydrogen-bond donors (Lipinski definition) is 1. The van der Waals surface area contributed by atoms with Gasteiger partial charge in [0.2, 0.25) is 0 Å². The van der Waals surface area contributed by atoms with Crippen molar-refractivity contribution in [3.05, 3.63) is 48.0 Å². The molecule has 1 N–H and O–H groups in total. The van der Waals surface area contributed by atoms with Gasteiger partial charge in [-0.2, -0.15) is 0 Å². The zero-order valence-electron chi connectivity index (χ0n) is 10.1.